The maximum atomic E-state index is 12.4. The number of thiophene rings is 1. The van der Waals surface area contributed by atoms with E-state index in [0.717, 1.165) is 15.3 Å². The van der Waals surface area contributed by atoms with Gasteiger partial charge in [0.1, 0.15) is 0 Å². The molecule has 4 rings (SSSR count). The van der Waals surface area contributed by atoms with Gasteiger partial charge in [0.2, 0.25) is 17.6 Å². The smallest absolute Gasteiger partial charge is 0.268 e. The third-order valence-corrected chi connectivity index (χ3v) is 6.15. The lowest BCUT2D eigenvalue weighted by Crippen LogP contribution is -2.42. The second-order valence-electron chi connectivity index (χ2n) is 7.05. The molecule has 1 aromatic carbocycles. The molecule has 1 N–H and O–H groups in total. The number of hydrogen-bond donors (Lipinski definition) is 1. The van der Waals surface area contributed by atoms with E-state index in [2.05, 4.69) is 15.5 Å². The summed E-state index contributed by atoms with van der Waals surface area (Å²) in [6.07, 6.45) is 1.43. The van der Waals surface area contributed by atoms with Gasteiger partial charge in [-0.3, -0.25) is 9.59 Å². The Morgan fingerprint density at radius 3 is 2.66 bits per heavy atom. The minimum absolute atomic E-state index is 0.0330. The number of benzene rings is 1. The summed E-state index contributed by atoms with van der Waals surface area (Å²) in [6, 6.07) is 13.6. The average molecular weight is 410 g/mol. The summed E-state index contributed by atoms with van der Waals surface area (Å²) in [7, 11) is 0. The highest BCUT2D eigenvalue weighted by atomic mass is 32.1. The van der Waals surface area contributed by atoms with E-state index in [-0.39, 0.29) is 17.7 Å². The predicted molar refractivity (Wildman–Crippen MR) is 110 cm³/mol. The molecule has 0 spiro atoms. The molecular weight excluding hydrogens is 388 g/mol. The Hall–Kier alpha value is -3.00. The molecule has 0 atom stereocenters. The Kier molecular flexibility index (Phi) is 5.71. The molecule has 150 valence electrons. The summed E-state index contributed by atoms with van der Waals surface area (Å²) in [5.74, 6) is 1.12. The van der Waals surface area contributed by atoms with Crippen molar-refractivity contribution in [3.05, 3.63) is 47.3 Å². The van der Waals surface area contributed by atoms with E-state index in [1.54, 1.807) is 11.8 Å². The first kappa shape index (κ1) is 19.3. The fourth-order valence-electron chi connectivity index (χ4n) is 3.39. The Morgan fingerprint density at radius 2 is 1.93 bits per heavy atom. The molecule has 8 heteroatoms. The number of hydrogen-bond acceptors (Lipinski definition) is 6. The van der Waals surface area contributed by atoms with Gasteiger partial charge in [0.25, 0.3) is 5.89 Å². The molecule has 3 heterocycles. The van der Waals surface area contributed by atoms with E-state index in [1.165, 1.54) is 11.3 Å². The standard InChI is InChI=1S/C21H22N4O3S/c1-14(26)25-11-9-16(10-12-25)20(27)22-13-17-7-8-18(29-17)21-23-19(24-28-21)15-5-3-2-4-6-15/h2-8,16H,9-13H2,1H3,(H,22,27). The number of carbonyl (C=O) groups is 2. The summed E-state index contributed by atoms with van der Waals surface area (Å²) in [5, 5.41) is 7.06. The summed E-state index contributed by atoms with van der Waals surface area (Å²) >= 11 is 1.52. The molecule has 0 saturated carbocycles. The van der Waals surface area contributed by atoms with Crippen molar-refractivity contribution in [1.29, 1.82) is 0 Å². The van der Waals surface area contributed by atoms with E-state index in [9.17, 15) is 9.59 Å². The normalized spacial score (nSPS) is 14.7. The Labute approximate surface area is 172 Å². The van der Waals surface area contributed by atoms with Crippen LogP contribution in [0.3, 0.4) is 0 Å². The third kappa shape index (κ3) is 4.54. The summed E-state index contributed by atoms with van der Waals surface area (Å²) in [6.45, 7) is 3.34. The molecule has 7 nitrogen and oxygen atoms in total. The van der Waals surface area contributed by atoms with Gasteiger partial charge in [0.15, 0.2) is 0 Å². The van der Waals surface area contributed by atoms with Crippen LogP contribution in [-0.2, 0) is 16.1 Å². The van der Waals surface area contributed by atoms with Gasteiger partial charge in [0, 0.05) is 36.4 Å². The molecule has 29 heavy (non-hydrogen) atoms. The van der Waals surface area contributed by atoms with Gasteiger partial charge in [-0.15, -0.1) is 11.3 Å². The van der Waals surface area contributed by atoms with Crippen LogP contribution < -0.4 is 5.32 Å². The molecule has 2 aromatic heterocycles. The van der Waals surface area contributed by atoms with Crippen molar-refractivity contribution in [2.45, 2.75) is 26.3 Å². The quantitative estimate of drug-likeness (QED) is 0.697. The average Bonchev–Trinajstić information content (AvgIpc) is 3.42. The van der Waals surface area contributed by atoms with Crippen LogP contribution in [0.2, 0.25) is 0 Å². The molecular formula is C21H22N4O3S. The van der Waals surface area contributed by atoms with Crippen LogP contribution in [0, 0.1) is 5.92 Å². The first-order valence-electron chi connectivity index (χ1n) is 9.61. The number of carbonyl (C=O) groups excluding carboxylic acids is 2. The summed E-state index contributed by atoms with van der Waals surface area (Å²) < 4.78 is 5.40. The largest absolute Gasteiger partial charge is 0.351 e. The van der Waals surface area contributed by atoms with Crippen molar-refractivity contribution < 1.29 is 14.1 Å². The predicted octanol–water partition coefficient (Wildman–Crippen LogP) is 3.34. The van der Waals surface area contributed by atoms with Gasteiger partial charge >= 0.3 is 0 Å². The minimum Gasteiger partial charge on any atom is -0.351 e. The van der Waals surface area contributed by atoms with Gasteiger partial charge in [-0.05, 0) is 25.0 Å². The fraction of sp³-hybridized carbons (Fsp3) is 0.333. The first-order valence-corrected chi connectivity index (χ1v) is 10.4. The van der Waals surface area contributed by atoms with Crippen LogP contribution >= 0.6 is 11.3 Å². The number of rotatable bonds is 5. The number of likely N-dealkylation sites (tertiary alicyclic amines) is 1. The second kappa shape index (κ2) is 8.57. The molecule has 0 aliphatic carbocycles. The summed E-state index contributed by atoms with van der Waals surface area (Å²) in [4.78, 5) is 32.0. The molecule has 1 aliphatic rings. The van der Waals surface area contributed by atoms with Crippen LogP contribution in [0.1, 0.15) is 24.6 Å². The third-order valence-electron chi connectivity index (χ3n) is 5.08. The molecule has 0 radical (unpaired) electrons. The maximum Gasteiger partial charge on any atom is 0.268 e. The first-order chi connectivity index (χ1) is 14.1. The molecule has 1 aliphatic heterocycles. The highest BCUT2D eigenvalue weighted by Crippen LogP contribution is 2.28. The zero-order chi connectivity index (χ0) is 20.2. The lowest BCUT2D eigenvalue weighted by molar-refractivity contribution is -0.134. The van der Waals surface area contributed by atoms with Crippen molar-refractivity contribution >= 4 is 23.2 Å². The lowest BCUT2D eigenvalue weighted by atomic mass is 9.96. The molecule has 0 unspecified atom stereocenters. The highest BCUT2D eigenvalue weighted by molar-refractivity contribution is 7.15. The molecule has 1 fully saturated rings. The van der Waals surface area contributed by atoms with Crippen LogP contribution in [0.25, 0.3) is 22.2 Å². The number of aromatic nitrogens is 2. The van der Waals surface area contributed by atoms with E-state index in [0.29, 0.717) is 44.2 Å². The van der Waals surface area contributed by atoms with E-state index < -0.39 is 0 Å². The number of nitrogens with zero attached hydrogens (tertiary/aromatic N) is 3. The van der Waals surface area contributed by atoms with Gasteiger partial charge in [0.05, 0.1) is 11.4 Å². The van der Waals surface area contributed by atoms with Crippen LogP contribution in [0.5, 0.6) is 0 Å². The van der Waals surface area contributed by atoms with E-state index in [1.807, 2.05) is 42.5 Å². The zero-order valence-electron chi connectivity index (χ0n) is 16.1. The van der Waals surface area contributed by atoms with E-state index in [4.69, 9.17) is 4.52 Å². The molecule has 1 saturated heterocycles. The summed E-state index contributed by atoms with van der Waals surface area (Å²) in [5.41, 5.74) is 0.905. The zero-order valence-corrected chi connectivity index (χ0v) is 16.9. The highest BCUT2D eigenvalue weighted by Gasteiger charge is 2.25. The number of amides is 2. The van der Waals surface area contributed by atoms with Crippen molar-refractivity contribution in [3.8, 4) is 22.2 Å². The van der Waals surface area contributed by atoms with Crippen LogP contribution in [0.4, 0.5) is 0 Å². The van der Waals surface area contributed by atoms with Crippen molar-refractivity contribution in [1.82, 2.24) is 20.4 Å². The lowest BCUT2D eigenvalue weighted by Gasteiger charge is -2.30. The van der Waals surface area contributed by atoms with Gasteiger partial charge in [-0.25, -0.2) is 0 Å². The maximum absolute atomic E-state index is 12.4. The fourth-order valence-corrected chi connectivity index (χ4v) is 4.26. The van der Waals surface area contributed by atoms with Crippen molar-refractivity contribution in [3.63, 3.8) is 0 Å². The van der Waals surface area contributed by atoms with Crippen LogP contribution in [-0.4, -0.2) is 39.9 Å². The van der Waals surface area contributed by atoms with Gasteiger partial charge < -0.3 is 14.7 Å². The minimum atomic E-state index is -0.0330. The molecule has 2 amide bonds. The second-order valence-corrected chi connectivity index (χ2v) is 8.22. The number of nitrogens with one attached hydrogen (secondary N) is 1. The Bertz CT molecular complexity index is 990. The Balaban J connectivity index is 1.33. The number of piperidine rings is 1. The Morgan fingerprint density at radius 1 is 1.17 bits per heavy atom. The molecule has 0 bridgehead atoms. The molecule has 3 aromatic rings. The SMILES string of the molecule is CC(=O)N1CCC(C(=O)NCc2ccc(-c3nc(-c4ccccc4)no3)s2)CC1. The van der Waals surface area contributed by atoms with E-state index >= 15 is 0 Å². The topological polar surface area (TPSA) is 88.3 Å². The van der Waals surface area contributed by atoms with Gasteiger partial charge in [-0.2, -0.15) is 4.98 Å². The van der Waals surface area contributed by atoms with Crippen LogP contribution in [0.15, 0.2) is 47.0 Å². The van der Waals surface area contributed by atoms with Gasteiger partial charge in [-0.1, -0.05) is 35.5 Å². The monoisotopic (exact) mass is 410 g/mol. The van der Waals surface area contributed by atoms with Crippen molar-refractivity contribution in [2.24, 2.45) is 5.92 Å². The van der Waals surface area contributed by atoms with Crippen molar-refractivity contribution in [2.75, 3.05) is 13.1 Å².